The molecule has 0 aliphatic carbocycles. The van der Waals surface area contributed by atoms with Crippen molar-refractivity contribution in [2.24, 2.45) is 0 Å². The van der Waals surface area contributed by atoms with Gasteiger partial charge >= 0.3 is 0 Å². The molecule has 0 N–H and O–H groups in total. The van der Waals surface area contributed by atoms with Gasteiger partial charge in [0.15, 0.2) is 0 Å². The number of para-hydroxylation sites is 1. The summed E-state index contributed by atoms with van der Waals surface area (Å²) in [6.45, 7) is 6.91. The van der Waals surface area contributed by atoms with E-state index in [0.29, 0.717) is 6.10 Å². The Morgan fingerprint density at radius 3 is 2.48 bits per heavy atom. The Labute approximate surface area is 150 Å². The lowest BCUT2D eigenvalue weighted by Crippen LogP contribution is -2.54. The van der Waals surface area contributed by atoms with E-state index in [9.17, 15) is 4.79 Å². The van der Waals surface area contributed by atoms with Gasteiger partial charge in [-0.1, -0.05) is 18.2 Å². The minimum Gasteiger partial charge on any atom is -0.377 e. The van der Waals surface area contributed by atoms with Gasteiger partial charge in [-0.25, -0.2) is 0 Å². The Hall–Kier alpha value is -1.43. The molecule has 0 unspecified atom stereocenters. The van der Waals surface area contributed by atoms with Crippen molar-refractivity contribution in [2.45, 2.75) is 37.8 Å². The van der Waals surface area contributed by atoms with Crippen LogP contribution in [0, 0.1) is 0 Å². The third kappa shape index (κ3) is 3.89. The number of carbonyl (C=O) groups is 1. The molecule has 1 aromatic carbocycles. The fourth-order valence-electron chi connectivity index (χ4n) is 4.36. The maximum absolute atomic E-state index is 12.9. The van der Waals surface area contributed by atoms with Crippen molar-refractivity contribution in [3.8, 4) is 0 Å². The summed E-state index contributed by atoms with van der Waals surface area (Å²) in [6, 6.07) is 10.1. The lowest BCUT2D eigenvalue weighted by molar-refractivity contribution is -0.122. The van der Waals surface area contributed by atoms with E-state index in [2.05, 4.69) is 9.80 Å². The number of hydrogen-bond acceptors (Lipinski definition) is 4. The van der Waals surface area contributed by atoms with Crippen molar-refractivity contribution in [3.63, 3.8) is 0 Å². The van der Waals surface area contributed by atoms with Crippen LogP contribution >= 0.6 is 0 Å². The minimum atomic E-state index is 0.0632. The summed E-state index contributed by atoms with van der Waals surface area (Å²) in [5, 5.41) is 0. The van der Waals surface area contributed by atoms with Crippen LogP contribution in [0.3, 0.4) is 0 Å². The molecule has 25 heavy (non-hydrogen) atoms. The van der Waals surface area contributed by atoms with E-state index in [0.717, 1.165) is 58.0 Å². The fraction of sp³-hybridized carbons (Fsp3) is 0.650. The van der Waals surface area contributed by atoms with Crippen LogP contribution in [0.1, 0.15) is 25.7 Å². The first-order chi connectivity index (χ1) is 12.3. The third-order valence-corrected chi connectivity index (χ3v) is 5.83. The Kier molecular flexibility index (Phi) is 5.34. The molecule has 0 aromatic heterocycles. The van der Waals surface area contributed by atoms with Crippen LogP contribution in [0.15, 0.2) is 30.3 Å². The topological polar surface area (TPSA) is 36.0 Å². The number of amides is 1. The molecule has 1 aromatic rings. The van der Waals surface area contributed by atoms with Crippen LogP contribution in [0.5, 0.6) is 0 Å². The number of hydrogen-bond donors (Lipinski definition) is 0. The molecule has 3 aliphatic rings. The van der Waals surface area contributed by atoms with Crippen LogP contribution in [-0.4, -0.2) is 73.7 Å². The lowest BCUT2D eigenvalue weighted by atomic mass is 10.1. The molecule has 3 heterocycles. The average Bonchev–Trinajstić information content (AvgIpc) is 3.05. The number of nitrogens with zero attached hydrogens (tertiary/aromatic N) is 3. The van der Waals surface area contributed by atoms with Gasteiger partial charge in [-0.2, -0.15) is 0 Å². The molecule has 1 amide bonds. The first-order valence-corrected chi connectivity index (χ1v) is 9.76. The normalized spacial score (nSPS) is 29.3. The summed E-state index contributed by atoms with van der Waals surface area (Å²) in [7, 11) is 0. The summed E-state index contributed by atoms with van der Waals surface area (Å²) in [6.07, 6.45) is 5.08. The molecule has 3 fully saturated rings. The summed E-state index contributed by atoms with van der Waals surface area (Å²) < 4.78 is 5.87. The van der Waals surface area contributed by atoms with E-state index in [1.807, 2.05) is 35.2 Å². The van der Waals surface area contributed by atoms with Gasteiger partial charge in [-0.15, -0.1) is 0 Å². The highest BCUT2D eigenvalue weighted by Crippen LogP contribution is 2.25. The maximum Gasteiger partial charge on any atom is 0.244 e. The number of rotatable bonds is 4. The molecule has 4 rings (SSSR count). The van der Waals surface area contributed by atoms with Crippen molar-refractivity contribution in [1.82, 2.24) is 9.80 Å². The molecular formula is C20H29N3O2. The molecule has 5 heteroatoms. The number of piperazine rings is 1. The van der Waals surface area contributed by atoms with Gasteiger partial charge in [0, 0.05) is 51.6 Å². The zero-order chi connectivity index (χ0) is 17.1. The molecule has 136 valence electrons. The number of anilines is 1. The van der Waals surface area contributed by atoms with Crippen molar-refractivity contribution < 1.29 is 9.53 Å². The molecule has 2 atom stereocenters. The molecule has 3 aliphatic heterocycles. The van der Waals surface area contributed by atoms with Gasteiger partial charge < -0.3 is 9.64 Å². The van der Waals surface area contributed by atoms with E-state index in [-0.39, 0.29) is 11.9 Å². The van der Waals surface area contributed by atoms with Crippen LogP contribution in [-0.2, 0) is 9.53 Å². The second-order valence-corrected chi connectivity index (χ2v) is 7.46. The average molecular weight is 343 g/mol. The maximum atomic E-state index is 12.9. The van der Waals surface area contributed by atoms with Crippen LogP contribution < -0.4 is 4.90 Å². The fourth-order valence-corrected chi connectivity index (χ4v) is 4.36. The van der Waals surface area contributed by atoms with Gasteiger partial charge in [0.05, 0.1) is 12.1 Å². The van der Waals surface area contributed by atoms with Gasteiger partial charge in [0.25, 0.3) is 0 Å². The van der Waals surface area contributed by atoms with E-state index in [1.54, 1.807) is 0 Å². The van der Waals surface area contributed by atoms with E-state index >= 15 is 0 Å². The predicted molar refractivity (Wildman–Crippen MR) is 98.8 cm³/mol. The van der Waals surface area contributed by atoms with Crippen molar-refractivity contribution >= 4 is 11.6 Å². The van der Waals surface area contributed by atoms with Gasteiger partial charge in [-0.05, 0) is 37.8 Å². The smallest absolute Gasteiger partial charge is 0.244 e. The highest BCUT2D eigenvalue weighted by molar-refractivity contribution is 5.99. The van der Waals surface area contributed by atoms with E-state index in [4.69, 9.17) is 4.74 Å². The molecule has 0 radical (unpaired) electrons. The largest absolute Gasteiger partial charge is 0.377 e. The van der Waals surface area contributed by atoms with Crippen molar-refractivity contribution in [2.75, 3.05) is 50.8 Å². The standard InChI is InChI=1S/C20H29N3O2/c24-20-19(9-10-23(20)17-6-2-1-3-7-17)22-13-11-21(12-14-22)16-18-8-4-5-15-25-18/h1-3,6-7,18-19H,4-5,8-16H2/t18-,19-/m1/s1. The van der Waals surface area contributed by atoms with Crippen molar-refractivity contribution in [1.29, 1.82) is 0 Å². The van der Waals surface area contributed by atoms with Crippen LogP contribution in [0.4, 0.5) is 5.69 Å². The van der Waals surface area contributed by atoms with Gasteiger partial charge in [-0.3, -0.25) is 14.6 Å². The molecular weight excluding hydrogens is 314 g/mol. The second-order valence-electron chi connectivity index (χ2n) is 7.46. The Morgan fingerprint density at radius 1 is 0.960 bits per heavy atom. The van der Waals surface area contributed by atoms with Gasteiger partial charge in [0.2, 0.25) is 5.91 Å². The monoisotopic (exact) mass is 343 g/mol. The highest BCUT2D eigenvalue weighted by Gasteiger charge is 2.37. The summed E-state index contributed by atoms with van der Waals surface area (Å²) >= 11 is 0. The number of benzene rings is 1. The Morgan fingerprint density at radius 2 is 1.76 bits per heavy atom. The molecule has 3 saturated heterocycles. The quantitative estimate of drug-likeness (QED) is 0.838. The highest BCUT2D eigenvalue weighted by atomic mass is 16.5. The minimum absolute atomic E-state index is 0.0632. The second kappa shape index (κ2) is 7.85. The molecule has 0 saturated carbocycles. The summed E-state index contributed by atoms with van der Waals surface area (Å²) in [5.74, 6) is 0.273. The zero-order valence-electron chi connectivity index (χ0n) is 15.0. The van der Waals surface area contributed by atoms with Crippen molar-refractivity contribution in [3.05, 3.63) is 30.3 Å². The number of ether oxygens (including phenoxy) is 1. The number of carbonyl (C=O) groups excluding carboxylic acids is 1. The van der Waals surface area contributed by atoms with E-state index in [1.165, 1.54) is 19.3 Å². The zero-order valence-corrected chi connectivity index (χ0v) is 15.0. The van der Waals surface area contributed by atoms with E-state index < -0.39 is 0 Å². The first kappa shape index (κ1) is 17.0. The third-order valence-electron chi connectivity index (χ3n) is 5.83. The Balaban J connectivity index is 1.28. The first-order valence-electron chi connectivity index (χ1n) is 9.76. The lowest BCUT2D eigenvalue weighted by Gasteiger charge is -2.39. The SMILES string of the molecule is O=C1[C@H](N2CCN(C[C@H]3CCCCO3)CC2)CCN1c1ccccc1. The van der Waals surface area contributed by atoms with Gasteiger partial charge in [0.1, 0.15) is 0 Å². The summed E-state index contributed by atoms with van der Waals surface area (Å²) in [5.41, 5.74) is 1.03. The Bertz CT molecular complexity index is 566. The summed E-state index contributed by atoms with van der Waals surface area (Å²) in [4.78, 5) is 19.7. The molecule has 0 spiro atoms. The van der Waals surface area contributed by atoms with Crippen LogP contribution in [0.25, 0.3) is 0 Å². The predicted octanol–water partition coefficient (Wildman–Crippen LogP) is 1.98. The molecule has 5 nitrogen and oxygen atoms in total. The molecule has 0 bridgehead atoms. The van der Waals surface area contributed by atoms with Crippen LogP contribution in [0.2, 0.25) is 0 Å².